The fourth-order valence-electron chi connectivity index (χ4n) is 2.86. The molecule has 2 N–H and O–H groups in total. The van der Waals surface area contributed by atoms with Crippen LogP contribution in [0.1, 0.15) is 26.2 Å². The van der Waals surface area contributed by atoms with Gasteiger partial charge in [0.1, 0.15) is 0 Å². The van der Waals surface area contributed by atoms with E-state index >= 15 is 0 Å². The van der Waals surface area contributed by atoms with Gasteiger partial charge in [0.2, 0.25) is 10.0 Å². The molecule has 0 saturated carbocycles. The maximum Gasteiger partial charge on any atom is 0.243 e. The Balaban J connectivity index is 2.07. The van der Waals surface area contributed by atoms with E-state index in [1.54, 1.807) is 25.2 Å². The zero-order chi connectivity index (χ0) is 15.5. The van der Waals surface area contributed by atoms with E-state index in [4.69, 9.17) is 5.73 Å². The summed E-state index contributed by atoms with van der Waals surface area (Å²) in [4.78, 5) is 2.68. The molecule has 0 aromatic heterocycles. The number of likely N-dealkylation sites (tertiary alicyclic amines) is 1. The van der Waals surface area contributed by atoms with Gasteiger partial charge in [-0.25, -0.2) is 8.42 Å². The Morgan fingerprint density at radius 1 is 1.33 bits per heavy atom. The van der Waals surface area contributed by atoms with Crippen molar-refractivity contribution >= 4 is 15.7 Å². The first-order valence-corrected chi connectivity index (χ1v) is 8.95. The van der Waals surface area contributed by atoms with Crippen molar-refractivity contribution in [3.8, 4) is 0 Å². The van der Waals surface area contributed by atoms with Crippen LogP contribution in [-0.2, 0) is 10.0 Å². The van der Waals surface area contributed by atoms with Gasteiger partial charge in [-0.1, -0.05) is 13.0 Å². The fourth-order valence-corrected chi connectivity index (χ4v) is 4.33. The zero-order valence-electron chi connectivity index (χ0n) is 12.8. The predicted octanol–water partition coefficient (Wildman–Crippen LogP) is 1.76. The van der Waals surface area contributed by atoms with Gasteiger partial charge in [0.15, 0.2) is 0 Å². The van der Waals surface area contributed by atoms with Gasteiger partial charge in [-0.3, -0.25) is 0 Å². The highest BCUT2D eigenvalue weighted by Crippen LogP contribution is 2.23. The molecule has 2 rings (SSSR count). The first-order valence-electron chi connectivity index (χ1n) is 7.51. The van der Waals surface area contributed by atoms with Crippen molar-refractivity contribution in [1.82, 2.24) is 9.21 Å². The van der Waals surface area contributed by atoms with Gasteiger partial charge in [-0.15, -0.1) is 0 Å². The summed E-state index contributed by atoms with van der Waals surface area (Å²) in [6, 6.07) is 6.58. The Morgan fingerprint density at radius 3 is 2.57 bits per heavy atom. The first-order chi connectivity index (χ1) is 9.95. The summed E-state index contributed by atoms with van der Waals surface area (Å²) in [6.45, 7) is 5.20. The standard InChI is InChI=1S/C15H25N3O2S/c1-3-9-18-10-7-14(8-11-18)17(2)21(19,20)15-6-4-5-13(16)12-15/h4-6,12,14H,3,7-11,16H2,1-2H3. The normalized spacial score (nSPS) is 18.2. The van der Waals surface area contributed by atoms with Crippen molar-refractivity contribution in [2.24, 2.45) is 0 Å². The van der Waals surface area contributed by atoms with Crippen LogP contribution in [0.3, 0.4) is 0 Å². The van der Waals surface area contributed by atoms with Crippen molar-refractivity contribution in [3.05, 3.63) is 24.3 Å². The van der Waals surface area contributed by atoms with Crippen LogP contribution < -0.4 is 5.73 Å². The molecule has 0 radical (unpaired) electrons. The zero-order valence-corrected chi connectivity index (χ0v) is 13.6. The minimum Gasteiger partial charge on any atom is -0.399 e. The molecular formula is C15H25N3O2S. The smallest absolute Gasteiger partial charge is 0.243 e. The minimum atomic E-state index is -3.46. The van der Waals surface area contributed by atoms with E-state index in [1.165, 1.54) is 10.4 Å². The Morgan fingerprint density at radius 2 is 2.00 bits per heavy atom. The first kappa shape index (κ1) is 16.3. The second-order valence-electron chi connectivity index (χ2n) is 5.67. The number of nitrogens with zero attached hydrogens (tertiary/aromatic N) is 2. The average Bonchev–Trinajstić information content (AvgIpc) is 2.47. The Labute approximate surface area is 127 Å². The molecule has 0 aliphatic carbocycles. The van der Waals surface area contributed by atoms with E-state index in [9.17, 15) is 8.42 Å². The van der Waals surface area contributed by atoms with Crippen molar-refractivity contribution in [3.63, 3.8) is 0 Å². The van der Waals surface area contributed by atoms with E-state index in [0.717, 1.165) is 38.9 Å². The molecular weight excluding hydrogens is 286 g/mol. The van der Waals surface area contributed by atoms with Crippen LogP contribution >= 0.6 is 0 Å². The van der Waals surface area contributed by atoms with E-state index in [2.05, 4.69) is 11.8 Å². The Kier molecular flexibility index (Phi) is 5.24. The Hall–Kier alpha value is -1.11. The molecule has 6 heteroatoms. The maximum absolute atomic E-state index is 12.6. The Bertz CT molecular complexity index is 566. The lowest BCUT2D eigenvalue weighted by Gasteiger charge is -2.36. The third-order valence-corrected chi connectivity index (χ3v) is 6.05. The molecule has 1 heterocycles. The number of rotatable bonds is 5. The summed E-state index contributed by atoms with van der Waals surface area (Å²) in [5.74, 6) is 0. The highest BCUT2D eigenvalue weighted by Gasteiger charge is 2.30. The number of nitrogens with two attached hydrogens (primary N) is 1. The monoisotopic (exact) mass is 311 g/mol. The molecule has 0 bridgehead atoms. The van der Waals surface area contributed by atoms with Crippen LogP contribution in [0.4, 0.5) is 5.69 Å². The molecule has 1 aliphatic rings. The largest absolute Gasteiger partial charge is 0.399 e. The lowest BCUT2D eigenvalue weighted by atomic mass is 10.1. The predicted molar refractivity (Wildman–Crippen MR) is 85.6 cm³/mol. The molecule has 21 heavy (non-hydrogen) atoms. The lowest BCUT2D eigenvalue weighted by Crippen LogP contribution is -2.45. The maximum atomic E-state index is 12.6. The van der Waals surface area contributed by atoms with Crippen LogP contribution in [0.5, 0.6) is 0 Å². The molecule has 0 spiro atoms. The summed E-state index contributed by atoms with van der Waals surface area (Å²) in [6.07, 6.45) is 2.91. The number of nitrogen functional groups attached to an aromatic ring is 1. The summed E-state index contributed by atoms with van der Waals surface area (Å²) in [7, 11) is -1.78. The second-order valence-corrected chi connectivity index (χ2v) is 7.66. The van der Waals surface area contributed by atoms with Gasteiger partial charge in [-0.05, 0) is 57.1 Å². The van der Waals surface area contributed by atoms with Crippen molar-refractivity contribution in [1.29, 1.82) is 0 Å². The summed E-state index contributed by atoms with van der Waals surface area (Å²) in [5.41, 5.74) is 6.17. The third-order valence-electron chi connectivity index (χ3n) is 4.15. The van der Waals surface area contributed by atoms with E-state index in [1.807, 2.05) is 0 Å². The summed E-state index contributed by atoms with van der Waals surface area (Å²) < 4.78 is 26.8. The molecule has 1 aromatic carbocycles. The number of sulfonamides is 1. The second kappa shape index (κ2) is 6.77. The van der Waals surface area contributed by atoms with Crippen molar-refractivity contribution < 1.29 is 8.42 Å². The van der Waals surface area contributed by atoms with Crippen LogP contribution in [0.25, 0.3) is 0 Å². The van der Waals surface area contributed by atoms with E-state index < -0.39 is 10.0 Å². The molecule has 1 saturated heterocycles. The molecule has 5 nitrogen and oxygen atoms in total. The minimum absolute atomic E-state index is 0.0736. The highest BCUT2D eigenvalue weighted by molar-refractivity contribution is 7.89. The van der Waals surface area contributed by atoms with Crippen molar-refractivity contribution in [2.45, 2.75) is 37.1 Å². The van der Waals surface area contributed by atoms with Crippen LogP contribution in [0, 0.1) is 0 Å². The molecule has 118 valence electrons. The van der Waals surface area contributed by atoms with Crippen LogP contribution in [0.2, 0.25) is 0 Å². The van der Waals surface area contributed by atoms with Gasteiger partial charge in [-0.2, -0.15) is 4.31 Å². The lowest BCUT2D eigenvalue weighted by molar-refractivity contribution is 0.170. The van der Waals surface area contributed by atoms with Gasteiger partial charge in [0.25, 0.3) is 0 Å². The van der Waals surface area contributed by atoms with E-state index in [0.29, 0.717) is 5.69 Å². The van der Waals surface area contributed by atoms with Crippen LogP contribution in [0.15, 0.2) is 29.2 Å². The average molecular weight is 311 g/mol. The van der Waals surface area contributed by atoms with Gasteiger partial charge in [0, 0.05) is 18.8 Å². The third kappa shape index (κ3) is 3.75. The number of anilines is 1. The molecule has 0 amide bonds. The van der Waals surface area contributed by atoms with Gasteiger partial charge < -0.3 is 10.6 Å². The molecule has 1 fully saturated rings. The molecule has 0 unspecified atom stereocenters. The summed E-state index contributed by atoms with van der Waals surface area (Å²) >= 11 is 0. The van der Waals surface area contributed by atoms with Gasteiger partial charge in [0.05, 0.1) is 4.90 Å². The summed E-state index contributed by atoms with van der Waals surface area (Å²) in [5, 5.41) is 0. The van der Waals surface area contributed by atoms with Crippen molar-refractivity contribution in [2.75, 3.05) is 32.4 Å². The quantitative estimate of drug-likeness (QED) is 0.842. The number of hydrogen-bond acceptors (Lipinski definition) is 4. The topological polar surface area (TPSA) is 66.6 Å². The fraction of sp³-hybridized carbons (Fsp3) is 0.600. The van der Waals surface area contributed by atoms with Crippen LogP contribution in [-0.4, -0.2) is 50.3 Å². The molecule has 1 aliphatic heterocycles. The van der Waals surface area contributed by atoms with E-state index in [-0.39, 0.29) is 10.9 Å². The molecule has 0 atom stereocenters. The molecule has 1 aromatic rings. The van der Waals surface area contributed by atoms with Gasteiger partial charge >= 0.3 is 0 Å². The SMILES string of the molecule is CCCN1CCC(N(C)S(=O)(=O)c2cccc(N)c2)CC1. The number of piperidine rings is 1. The highest BCUT2D eigenvalue weighted by atomic mass is 32.2. The number of hydrogen-bond donors (Lipinski definition) is 1. The number of benzene rings is 1.